The summed E-state index contributed by atoms with van der Waals surface area (Å²) in [4.78, 5) is 0.344. The SMILES string of the molecule is Cc1ccc(S(=O)(=O)N2C[C@H](c3ccccc3)O[C@@]3(C=CCCC3)C2)cc1. The first-order valence-corrected chi connectivity index (χ1v) is 10.9. The Morgan fingerprint density at radius 2 is 1.81 bits per heavy atom. The second-order valence-corrected chi connectivity index (χ2v) is 9.43. The van der Waals surface area contributed by atoms with Crippen molar-refractivity contribution in [2.24, 2.45) is 0 Å². The highest BCUT2D eigenvalue weighted by Crippen LogP contribution is 2.39. The molecule has 1 saturated heterocycles. The van der Waals surface area contributed by atoms with Crippen molar-refractivity contribution in [3.05, 3.63) is 77.9 Å². The standard InChI is InChI=1S/C22H25NO3S/c1-18-10-12-20(13-11-18)27(24,25)23-16-21(19-8-4-2-5-9-19)26-22(17-23)14-6-3-7-15-22/h2,4-6,8-14,21H,3,7,15-17H2,1H3/t21-,22-/m1/s1. The topological polar surface area (TPSA) is 46.6 Å². The van der Waals surface area contributed by atoms with Gasteiger partial charge in [0.05, 0.1) is 11.0 Å². The van der Waals surface area contributed by atoms with Crippen molar-refractivity contribution in [1.29, 1.82) is 0 Å². The van der Waals surface area contributed by atoms with Crippen molar-refractivity contribution in [3.8, 4) is 0 Å². The summed E-state index contributed by atoms with van der Waals surface area (Å²) in [7, 11) is -3.58. The van der Waals surface area contributed by atoms with Crippen molar-refractivity contribution in [3.63, 3.8) is 0 Å². The maximum absolute atomic E-state index is 13.3. The van der Waals surface area contributed by atoms with Crippen LogP contribution < -0.4 is 0 Å². The third-order valence-electron chi connectivity index (χ3n) is 5.41. The molecule has 0 radical (unpaired) electrons. The first-order chi connectivity index (χ1) is 13.0. The molecule has 142 valence electrons. The summed E-state index contributed by atoms with van der Waals surface area (Å²) >= 11 is 0. The molecule has 1 heterocycles. The lowest BCUT2D eigenvalue weighted by Gasteiger charge is -2.45. The number of allylic oxidation sites excluding steroid dienone is 1. The minimum absolute atomic E-state index is 0.275. The molecule has 0 N–H and O–H groups in total. The van der Waals surface area contributed by atoms with Crippen LogP contribution in [0, 0.1) is 6.92 Å². The quantitative estimate of drug-likeness (QED) is 0.745. The van der Waals surface area contributed by atoms with Gasteiger partial charge in [-0.15, -0.1) is 0 Å². The average Bonchev–Trinajstić information content (AvgIpc) is 2.69. The number of hydrogen-bond donors (Lipinski definition) is 0. The molecular weight excluding hydrogens is 358 g/mol. The van der Waals surface area contributed by atoms with Crippen molar-refractivity contribution in [2.45, 2.75) is 42.8 Å². The van der Waals surface area contributed by atoms with E-state index >= 15 is 0 Å². The van der Waals surface area contributed by atoms with Gasteiger partial charge in [0.1, 0.15) is 5.60 Å². The van der Waals surface area contributed by atoms with Crippen LogP contribution in [-0.2, 0) is 14.8 Å². The van der Waals surface area contributed by atoms with E-state index in [1.165, 1.54) is 0 Å². The van der Waals surface area contributed by atoms with Gasteiger partial charge in [0.2, 0.25) is 10.0 Å². The minimum Gasteiger partial charge on any atom is -0.360 e. The van der Waals surface area contributed by atoms with Crippen LogP contribution in [0.5, 0.6) is 0 Å². The van der Waals surface area contributed by atoms with Crippen LogP contribution in [-0.4, -0.2) is 31.4 Å². The predicted molar refractivity (Wildman–Crippen MR) is 106 cm³/mol. The number of benzene rings is 2. The summed E-state index contributed by atoms with van der Waals surface area (Å²) in [5.74, 6) is 0. The lowest BCUT2D eigenvalue weighted by molar-refractivity contribution is -0.119. The highest BCUT2D eigenvalue weighted by molar-refractivity contribution is 7.89. The summed E-state index contributed by atoms with van der Waals surface area (Å²) in [6.07, 6.45) is 6.79. The second-order valence-electron chi connectivity index (χ2n) is 7.49. The Balaban J connectivity index is 1.71. The zero-order valence-electron chi connectivity index (χ0n) is 15.5. The van der Waals surface area contributed by atoms with Gasteiger partial charge in [-0.3, -0.25) is 0 Å². The fourth-order valence-electron chi connectivity index (χ4n) is 3.92. The number of rotatable bonds is 3. The Kier molecular flexibility index (Phi) is 4.93. The molecule has 2 atom stereocenters. The first-order valence-electron chi connectivity index (χ1n) is 9.46. The number of nitrogens with zero attached hydrogens (tertiary/aromatic N) is 1. The molecule has 5 heteroatoms. The van der Waals surface area contributed by atoms with Gasteiger partial charge in [-0.25, -0.2) is 8.42 Å². The van der Waals surface area contributed by atoms with E-state index in [4.69, 9.17) is 4.74 Å². The van der Waals surface area contributed by atoms with Gasteiger partial charge in [0.15, 0.2) is 0 Å². The maximum Gasteiger partial charge on any atom is 0.243 e. The number of ether oxygens (including phenoxy) is 1. The van der Waals surface area contributed by atoms with Crippen molar-refractivity contribution in [2.75, 3.05) is 13.1 Å². The van der Waals surface area contributed by atoms with Gasteiger partial charge in [-0.2, -0.15) is 4.31 Å². The van der Waals surface area contributed by atoms with E-state index in [1.807, 2.05) is 49.4 Å². The van der Waals surface area contributed by atoms with Gasteiger partial charge < -0.3 is 4.74 Å². The molecule has 1 aliphatic carbocycles. The molecule has 27 heavy (non-hydrogen) atoms. The molecule has 4 rings (SSSR count). The van der Waals surface area contributed by atoms with Crippen molar-refractivity contribution in [1.82, 2.24) is 4.31 Å². The molecule has 1 fully saturated rings. The lowest BCUT2D eigenvalue weighted by atomic mass is 9.88. The van der Waals surface area contributed by atoms with E-state index in [9.17, 15) is 8.42 Å². The van der Waals surface area contributed by atoms with E-state index in [0.29, 0.717) is 18.0 Å². The summed E-state index contributed by atoms with van der Waals surface area (Å²) in [6, 6.07) is 17.0. The predicted octanol–water partition coefficient (Wildman–Crippen LogP) is 4.24. The van der Waals surface area contributed by atoms with Gasteiger partial charge in [0, 0.05) is 13.1 Å². The van der Waals surface area contributed by atoms with Crippen LogP contribution in [0.3, 0.4) is 0 Å². The molecule has 0 unspecified atom stereocenters. The van der Waals surface area contributed by atoms with Gasteiger partial charge in [-0.05, 0) is 43.9 Å². The molecule has 2 aromatic carbocycles. The molecule has 2 aromatic rings. The molecule has 0 saturated carbocycles. The van der Waals surface area contributed by atoms with Crippen LogP contribution in [0.2, 0.25) is 0 Å². The van der Waals surface area contributed by atoms with E-state index < -0.39 is 15.6 Å². The molecular formula is C22H25NO3S. The molecule has 1 spiro atoms. The van der Waals surface area contributed by atoms with Crippen molar-refractivity contribution < 1.29 is 13.2 Å². The van der Waals surface area contributed by atoms with Crippen LogP contribution in [0.1, 0.15) is 36.5 Å². The smallest absolute Gasteiger partial charge is 0.243 e. The van der Waals surface area contributed by atoms with Crippen LogP contribution in [0.25, 0.3) is 0 Å². The van der Waals surface area contributed by atoms with Crippen LogP contribution in [0.4, 0.5) is 0 Å². The molecule has 0 bridgehead atoms. The molecule has 0 amide bonds. The molecule has 0 aromatic heterocycles. The summed E-state index contributed by atoms with van der Waals surface area (Å²) in [5, 5.41) is 0. The van der Waals surface area contributed by atoms with Gasteiger partial charge in [0.25, 0.3) is 0 Å². The number of aryl methyl sites for hydroxylation is 1. The fourth-order valence-corrected chi connectivity index (χ4v) is 5.42. The second kappa shape index (κ2) is 7.23. The minimum atomic E-state index is -3.58. The largest absolute Gasteiger partial charge is 0.360 e. The Morgan fingerprint density at radius 1 is 1.07 bits per heavy atom. The third-order valence-corrected chi connectivity index (χ3v) is 7.24. The summed E-state index contributed by atoms with van der Waals surface area (Å²) < 4.78 is 34.8. The van der Waals surface area contributed by atoms with E-state index in [1.54, 1.807) is 16.4 Å². The maximum atomic E-state index is 13.3. The van der Waals surface area contributed by atoms with E-state index in [0.717, 1.165) is 30.4 Å². The Morgan fingerprint density at radius 3 is 2.48 bits per heavy atom. The highest BCUT2D eigenvalue weighted by Gasteiger charge is 2.44. The summed E-state index contributed by atoms with van der Waals surface area (Å²) in [6.45, 7) is 2.65. The zero-order chi connectivity index (χ0) is 18.9. The van der Waals surface area contributed by atoms with Crippen molar-refractivity contribution >= 4 is 10.0 Å². The number of hydrogen-bond acceptors (Lipinski definition) is 3. The number of sulfonamides is 1. The third kappa shape index (κ3) is 3.72. The molecule has 1 aliphatic heterocycles. The normalized spacial score (nSPS) is 26.3. The van der Waals surface area contributed by atoms with Gasteiger partial charge in [-0.1, -0.05) is 60.2 Å². The van der Waals surface area contributed by atoms with Gasteiger partial charge >= 0.3 is 0 Å². The van der Waals surface area contributed by atoms with Crippen LogP contribution in [0.15, 0.2) is 71.6 Å². The Hall–Kier alpha value is -1.95. The highest BCUT2D eigenvalue weighted by atomic mass is 32.2. The average molecular weight is 384 g/mol. The fraction of sp³-hybridized carbons (Fsp3) is 0.364. The summed E-state index contributed by atoms with van der Waals surface area (Å²) in [5.41, 5.74) is 1.51. The first kappa shape index (κ1) is 18.4. The van der Waals surface area contributed by atoms with E-state index in [2.05, 4.69) is 12.2 Å². The lowest BCUT2D eigenvalue weighted by Crippen LogP contribution is -2.54. The Bertz CT molecular complexity index is 922. The molecule has 2 aliphatic rings. The Labute approximate surface area is 161 Å². The van der Waals surface area contributed by atoms with E-state index in [-0.39, 0.29) is 6.10 Å². The van der Waals surface area contributed by atoms with Crippen LogP contribution >= 0.6 is 0 Å². The zero-order valence-corrected chi connectivity index (χ0v) is 16.4. The number of morpholine rings is 1. The molecule has 4 nitrogen and oxygen atoms in total. The monoisotopic (exact) mass is 383 g/mol.